The van der Waals surface area contributed by atoms with Crippen molar-refractivity contribution >= 4 is 10.1 Å². The van der Waals surface area contributed by atoms with Gasteiger partial charge in [0, 0.05) is 0 Å². The summed E-state index contributed by atoms with van der Waals surface area (Å²) in [5, 5.41) is 3.28. The van der Waals surface area contributed by atoms with Gasteiger partial charge in [0.05, 0.1) is 5.75 Å². The van der Waals surface area contributed by atoms with Crippen LogP contribution in [0.5, 0.6) is 0 Å². The van der Waals surface area contributed by atoms with Gasteiger partial charge in [0.25, 0.3) is 10.1 Å². The zero-order chi connectivity index (χ0) is 11.4. The predicted octanol–water partition coefficient (Wildman–Crippen LogP) is 1.68. The lowest BCUT2D eigenvalue weighted by molar-refractivity contribution is 0.482. The summed E-state index contributed by atoms with van der Waals surface area (Å²) in [6, 6.07) is 0. The summed E-state index contributed by atoms with van der Waals surface area (Å²) < 4.78 is 27.6. The van der Waals surface area contributed by atoms with Crippen LogP contribution in [0.1, 0.15) is 40.0 Å². The van der Waals surface area contributed by atoms with E-state index in [4.69, 9.17) is 4.55 Å². The van der Waals surface area contributed by atoms with E-state index in [2.05, 4.69) is 19.2 Å². The summed E-state index contributed by atoms with van der Waals surface area (Å²) in [5.41, 5.74) is 0. The van der Waals surface area contributed by atoms with E-state index in [0.717, 1.165) is 0 Å². The van der Waals surface area contributed by atoms with Gasteiger partial charge >= 0.3 is 0 Å². The van der Waals surface area contributed by atoms with Crippen molar-refractivity contribution in [1.82, 2.24) is 5.32 Å². The fourth-order valence-electron chi connectivity index (χ4n) is 0.737. The highest BCUT2D eigenvalue weighted by Crippen LogP contribution is 1.83. The van der Waals surface area contributed by atoms with Crippen molar-refractivity contribution < 1.29 is 13.0 Å². The molecule has 0 unspecified atom stereocenters. The van der Waals surface area contributed by atoms with Gasteiger partial charge in [-0.3, -0.25) is 4.55 Å². The summed E-state index contributed by atoms with van der Waals surface area (Å²) in [4.78, 5) is 0. The molecule has 0 spiro atoms. The summed E-state index contributed by atoms with van der Waals surface area (Å²) in [6.07, 6.45) is 2.97. The van der Waals surface area contributed by atoms with Crippen LogP contribution >= 0.6 is 0 Å². The Labute approximate surface area is 87.8 Å². The van der Waals surface area contributed by atoms with Crippen LogP contribution in [0.4, 0.5) is 0 Å². The molecule has 0 aliphatic rings. The molecule has 0 heterocycles. The van der Waals surface area contributed by atoms with E-state index in [9.17, 15) is 8.42 Å². The van der Waals surface area contributed by atoms with Crippen molar-refractivity contribution in [3.05, 3.63) is 0 Å². The fraction of sp³-hybridized carbons (Fsp3) is 1.00. The van der Waals surface area contributed by atoms with E-state index in [1.54, 1.807) is 6.92 Å². The lowest BCUT2D eigenvalue weighted by Gasteiger charge is -1.95. The van der Waals surface area contributed by atoms with E-state index >= 15 is 0 Å². The molecule has 4 nitrogen and oxygen atoms in total. The third-order valence-electron chi connectivity index (χ3n) is 1.32. The molecule has 14 heavy (non-hydrogen) atoms. The molecule has 0 amide bonds. The van der Waals surface area contributed by atoms with Crippen molar-refractivity contribution in [2.45, 2.75) is 40.0 Å². The Morgan fingerprint density at radius 2 is 1.43 bits per heavy atom. The van der Waals surface area contributed by atoms with Crippen molar-refractivity contribution in [3.63, 3.8) is 0 Å². The average molecular weight is 225 g/mol. The first-order valence-electron chi connectivity index (χ1n) is 5.13. The lowest BCUT2D eigenvalue weighted by atomic mass is 10.4. The first-order chi connectivity index (χ1) is 6.47. The zero-order valence-electron chi connectivity index (χ0n) is 9.41. The van der Waals surface area contributed by atoms with Gasteiger partial charge in [0.2, 0.25) is 0 Å². The third-order valence-corrected chi connectivity index (χ3v) is 2.24. The Morgan fingerprint density at radius 1 is 1.00 bits per heavy atom. The largest absolute Gasteiger partial charge is 0.317 e. The summed E-state index contributed by atoms with van der Waals surface area (Å²) in [5.74, 6) is -0.132. The standard InChI is InChI=1S/C6H15N.C3H8O3S/c1-3-5-7-6-4-2;1-2-3-7(4,5)6/h7H,3-6H2,1-2H3;2-3H2,1H3,(H,4,5,6). The van der Waals surface area contributed by atoms with E-state index in [0.29, 0.717) is 6.42 Å². The summed E-state index contributed by atoms with van der Waals surface area (Å²) in [7, 11) is -3.67. The van der Waals surface area contributed by atoms with Crippen LogP contribution in [0.15, 0.2) is 0 Å². The quantitative estimate of drug-likeness (QED) is 0.533. The molecule has 0 aromatic heterocycles. The molecule has 0 saturated heterocycles. The lowest BCUT2D eigenvalue weighted by Crippen LogP contribution is -2.14. The highest BCUT2D eigenvalue weighted by Gasteiger charge is 1.98. The summed E-state index contributed by atoms with van der Waals surface area (Å²) >= 11 is 0. The molecule has 2 N–H and O–H groups in total. The molecule has 0 saturated carbocycles. The fourth-order valence-corrected chi connectivity index (χ4v) is 1.25. The van der Waals surface area contributed by atoms with Crippen LogP contribution in [0.25, 0.3) is 0 Å². The Balaban J connectivity index is 0. The maximum absolute atomic E-state index is 9.79. The maximum Gasteiger partial charge on any atom is 0.264 e. The van der Waals surface area contributed by atoms with E-state index < -0.39 is 10.1 Å². The molecule has 0 bridgehead atoms. The van der Waals surface area contributed by atoms with Gasteiger partial charge in [-0.2, -0.15) is 8.42 Å². The third kappa shape index (κ3) is 22.6. The second-order valence-electron chi connectivity index (χ2n) is 3.04. The second kappa shape index (κ2) is 10.9. The predicted molar refractivity (Wildman–Crippen MR) is 60.2 cm³/mol. The van der Waals surface area contributed by atoms with E-state index in [1.165, 1.54) is 25.9 Å². The van der Waals surface area contributed by atoms with Gasteiger partial charge in [-0.15, -0.1) is 0 Å². The van der Waals surface area contributed by atoms with Crippen LogP contribution in [-0.4, -0.2) is 31.8 Å². The van der Waals surface area contributed by atoms with Crippen molar-refractivity contribution in [2.75, 3.05) is 18.8 Å². The molecule has 0 rings (SSSR count). The van der Waals surface area contributed by atoms with Crippen LogP contribution < -0.4 is 5.32 Å². The molecule has 5 heteroatoms. The molecular weight excluding hydrogens is 202 g/mol. The van der Waals surface area contributed by atoms with Gasteiger partial charge in [-0.05, 0) is 32.4 Å². The molecular formula is C9H23NO3S. The first-order valence-corrected chi connectivity index (χ1v) is 6.74. The monoisotopic (exact) mass is 225 g/mol. The Hall–Kier alpha value is -0.130. The van der Waals surface area contributed by atoms with Crippen LogP contribution in [0.3, 0.4) is 0 Å². The van der Waals surface area contributed by atoms with Crippen LogP contribution in [0, 0.1) is 0 Å². The normalized spacial score (nSPS) is 10.6. The Kier molecular flexibility index (Phi) is 12.8. The molecule has 0 radical (unpaired) electrons. The number of hydrogen-bond donors (Lipinski definition) is 2. The molecule has 0 atom stereocenters. The Morgan fingerprint density at radius 3 is 1.57 bits per heavy atom. The second-order valence-corrected chi connectivity index (χ2v) is 4.61. The van der Waals surface area contributed by atoms with Gasteiger partial charge in [0.1, 0.15) is 0 Å². The number of nitrogens with one attached hydrogen (secondary N) is 1. The van der Waals surface area contributed by atoms with Crippen molar-refractivity contribution in [1.29, 1.82) is 0 Å². The average Bonchev–Trinajstić information content (AvgIpc) is 2.04. The SMILES string of the molecule is CCCNCCC.CCCS(=O)(=O)O. The van der Waals surface area contributed by atoms with Crippen molar-refractivity contribution in [2.24, 2.45) is 0 Å². The van der Waals surface area contributed by atoms with Crippen LogP contribution in [-0.2, 0) is 10.1 Å². The maximum atomic E-state index is 9.79. The molecule has 0 fully saturated rings. The zero-order valence-corrected chi connectivity index (χ0v) is 10.2. The minimum Gasteiger partial charge on any atom is -0.317 e. The topological polar surface area (TPSA) is 66.4 Å². The van der Waals surface area contributed by atoms with Crippen molar-refractivity contribution in [3.8, 4) is 0 Å². The Bertz CT molecular complexity index is 186. The van der Waals surface area contributed by atoms with Crippen LogP contribution in [0.2, 0.25) is 0 Å². The first kappa shape index (κ1) is 16.3. The highest BCUT2D eigenvalue weighted by atomic mass is 32.2. The molecule has 0 aliphatic carbocycles. The molecule has 0 aliphatic heterocycles. The molecule has 0 aromatic carbocycles. The van der Waals surface area contributed by atoms with Gasteiger partial charge in [-0.25, -0.2) is 0 Å². The highest BCUT2D eigenvalue weighted by molar-refractivity contribution is 7.85. The minimum absolute atomic E-state index is 0.132. The summed E-state index contributed by atoms with van der Waals surface area (Å²) in [6.45, 7) is 8.40. The van der Waals surface area contributed by atoms with Gasteiger partial charge < -0.3 is 5.32 Å². The van der Waals surface area contributed by atoms with E-state index in [1.807, 2.05) is 0 Å². The van der Waals surface area contributed by atoms with Gasteiger partial charge in [-0.1, -0.05) is 20.8 Å². The number of rotatable bonds is 6. The van der Waals surface area contributed by atoms with E-state index in [-0.39, 0.29) is 5.75 Å². The molecule has 88 valence electrons. The molecule has 0 aromatic rings. The minimum atomic E-state index is -3.67. The van der Waals surface area contributed by atoms with Gasteiger partial charge in [0.15, 0.2) is 0 Å². The number of hydrogen-bond acceptors (Lipinski definition) is 3. The smallest absolute Gasteiger partial charge is 0.264 e.